The highest BCUT2D eigenvalue weighted by atomic mass is 16.5. The van der Waals surface area contributed by atoms with Crippen LogP contribution in [-0.2, 0) is 9.53 Å². The minimum atomic E-state index is -0.0684. The summed E-state index contributed by atoms with van der Waals surface area (Å²) in [6.07, 6.45) is 3.18. The Hall–Kier alpha value is -2.15. The van der Waals surface area contributed by atoms with Gasteiger partial charge in [-0.05, 0) is 25.0 Å². The summed E-state index contributed by atoms with van der Waals surface area (Å²) in [4.78, 5) is 22.5. The second-order valence-electron chi connectivity index (χ2n) is 6.10. The van der Waals surface area contributed by atoms with Crippen LogP contribution in [0.25, 0.3) is 0 Å². The van der Waals surface area contributed by atoms with E-state index in [1.807, 2.05) is 20.0 Å². The topological polar surface area (TPSA) is 78.8 Å². The highest BCUT2D eigenvalue weighted by molar-refractivity contribution is 5.90. The molecule has 1 aromatic rings. The first kappa shape index (κ1) is 18.2. The molecule has 1 unspecified atom stereocenters. The van der Waals surface area contributed by atoms with E-state index in [1.54, 1.807) is 19.3 Å². The lowest BCUT2D eigenvalue weighted by Gasteiger charge is -2.24. The van der Waals surface area contributed by atoms with Crippen LogP contribution >= 0.6 is 0 Å². The molecule has 1 saturated heterocycles. The van der Waals surface area contributed by atoms with E-state index in [9.17, 15) is 4.79 Å². The fourth-order valence-corrected chi connectivity index (χ4v) is 2.62. The van der Waals surface area contributed by atoms with E-state index in [2.05, 4.69) is 25.5 Å². The van der Waals surface area contributed by atoms with Crippen LogP contribution in [0.4, 0.5) is 5.82 Å². The van der Waals surface area contributed by atoms with E-state index >= 15 is 0 Å². The second-order valence-corrected chi connectivity index (χ2v) is 6.10. The monoisotopic (exact) mass is 333 g/mol. The van der Waals surface area contributed by atoms with E-state index in [0.29, 0.717) is 24.7 Å². The average molecular weight is 333 g/mol. The first-order valence-corrected chi connectivity index (χ1v) is 8.30. The van der Waals surface area contributed by atoms with E-state index in [4.69, 9.17) is 4.74 Å². The number of ether oxygens (including phenoxy) is 1. The molecule has 1 amide bonds. The van der Waals surface area contributed by atoms with E-state index < -0.39 is 0 Å². The quantitative estimate of drug-likeness (QED) is 0.605. The van der Waals surface area contributed by atoms with Crippen LogP contribution in [0.2, 0.25) is 0 Å². The van der Waals surface area contributed by atoms with Gasteiger partial charge in [0.2, 0.25) is 5.91 Å². The van der Waals surface area contributed by atoms with Gasteiger partial charge < -0.3 is 20.3 Å². The maximum atomic E-state index is 12.0. The number of carbonyl (C=O) groups excluding carboxylic acids is 1. The maximum Gasteiger partial charge on any atom is 0.227 e. The van der Waals surface area contributed by atoms with Crippen LogP contribution in [0.15, 0.2) is 23.3 Å². The molecular weight excluding hydrogens is 306 g/mol. The van der Waals surface area contributed by atoms with Crippen molar-refractivity contribution in [1.29, 1.82) is 0 Å². The van der Waals surface area contributed by atoms with Gasteiger partial charge in [-0.2, -0.15) is 0 Å². The highest BCUT2D eigenvalue weighted by Gasteiger charge is 2.19. The molecule has 1 atom stereocenters. The number of pyridine rings is 1. The van der Waals surface area contributed by atoms with Crippen LogP contribution in [0, 0.1) is 12.8 Å². The first-order valence-electron chi connectivity index (χ1n) is 8.30. The van der Waals surface area contributed by atoms with Gasteiger partial charge >= 0.3 is 0 Å². The number of anilines is 1. The highest BCUT2D eigenvalue weighted by Crippen LogP contribution is 2.13. The number of nitrogens with one attached hydrogen (secondary N) is 2. The minimum absolute atomic E-state index is 0.0684. The molecule has 7 nitrogen and oxygen atoms in total. The van der Waals surface area contributed by atoms with Crippen molar-refractivity contribution >= 4 is 17.7 Å². The van der Waals surface area contributed by atoms with Crippen molar-refractivity contribution in [1.82, 2.24) is 15.2 Å². The van der Waals surface area contributed by atoms with Crippen molar-refractivity contribution in [2.45, 2.75) is 19.8 Å². The molecule has 0 saturated carbocycles. The molecule has 2 N–H and O–H groups in total. The summed E-state index contributed by atoms with van der Waals surface area (Å²) >= 11 is 0. The molecule has 0 bridgehead atoms. The van der Waals surface area contributed by atoms with E-state index in [-0.39, 0.29) is 5.91 Å². The predicted octanol–water partition coefficient (Wildman–Crippen LogP) is 1.26. The Morgan fingerprint density at radius 3 is 2.96 bits per heavy atom. The number of rotatable bonds is 6. The van der Waals surface area contributed by atoms with Gasteiger partial charge in [0.1, 0.15) is 5.82 Å². The van der Waals surface area contributed by atoms with Gasteiger partial charge in [-0.15, -0.1) is 0 Å². The Kier molecular flexibility index (Phi) is 6.99. The molecule has 0 radical (unpaired) electrons. The molecule has 2 heterocycles. The molecule has 0 spiro atoms. The molecule has 1 fully saturated rings. The number of amides is 1. The smallest absolute Gasteiger partial charge is 0.227 e. The van der Waals surface area contributed by atoms with Crippen molar-refractivity contribution in [3.8, 4) is 0 Å². The number of aliphatic imine (C=N–C) groups is 1. The lowest BCUT2D eigenvalue weighted by Crippen LogP contribution is -2.42. The Morgan fingerprint density at radius 2 is 2.33 bits per heavy atom. The molecule has 0 aliphatic carbocycles. The third kappa shape index (κ3) is 5.81. The summed E-state index contributed by atoms with van der Waals surface area (Å²) in [5.74, 6) is 1.85. The normalized spacial score (nSPS) is 17.6. The predicted molar refractivity (Wildman–Crippen MR) is 95.1 cm³/mol. The van der Waals surface area contributed by atoms with E-state index in [1.165, 1.54) is 0 Å². The van der Waals surface area contributed by atoms with Crippen molar-refractivity contribution in [3.05, 3.63) is 23.9 Å². The Labute approximate surface area is 143 Å². The van der Waals surface area contributed by atoms with Crippen LogP contribution in [0.3, 0.4) is 0 Å². The van der Waals surface area contributed by atoms with Crippen molar-refractivity contribution < 1.29 is 9.53 Å². The van der Waals surface area contributed by atoms with Crippen molar-refractivity contribution in [3.63, 3.8) is 0 Å². The Bertz CT molecular complexity index is 553. The number of hydrogen-bond donors (Lipinski definition) is 2. The summed E-state index contributed by atoms with van der Waals surface area (Å²) in [5.41, 5.74) is 1.06. The lowest BCUT2D eigenvalue weighted by atomic mass is 10.1. The number of hydrogen-bond acceptors (Lipinski definition) is 4. The molecule has 7 heteroatoms. The van der Waals surface area contributed by atoms with Crippen LogP contribution in [0.1, 0.15) is 18.4 Å². The standard InChI is InChI=1S/C17H27N5O2/c1-13-4-5-15(20-10-13)21-16(23)6-8-19-17(18-2)22(3)11-14-7-9-24-12-14/h4-5,10,14H,6-9,11-12H2,1-3H3,(H,18,19)(H,20,21,23). The number of nitrogens with zero attached hydrogens (tertiary/aromatic N) is 3. The van der Waals surface area contributed by atoms with Crippen LogP contribution < -0.4 is 10.6 Å². The maximum absolute atomic E-state index is 12.0. The zero-order valence-electron chi connectivity index (χ0n) is 14.7. The zero-order valence-corrected chi connectivity index (χ0v) is 14.7. The van der Waals surface area contributed by atoms with Gasteiger partial charge in [0.25, 0.3) is 0 Å². The zero-order chi connectivity index (χ0) is 17.4. The van der Waals surface area contributed by atoms with Gasteiger partial charge in [0.15, 0.2) is 5.96 Å². The number of guanidine groups is 1. The van der Waals surface area contributed by atoms with Gasteiger partial charge in [-0.25, -0.2) is 4.98 Å². The average Bonchev–Trinajstić information content (AvgIpc) is 3.06. The third-order valence-electron chi connectivity index (χ3n) is 3.94. The van der Waals surface area contributed by atoms with Crippen LogP contribution in [-0.4, -0.2) is 62.1 Å². The molecule has 1 aliphatic rings. The van der Waals surface area contributed by atoms with Crippen molar-refractivity contribution in [2.75, 3.05) is 45.7 Å². The minimum Gasteiger partial charge on any atom is -0.381 e. The summed E-state index contributed by atoms with van der Waals surface area (Å²) in [7, 11) is 3.75. The van der Waals surface area contributed by atoms with Crippen LogP contribution in [0.5, 0.6) is 0 Å². The molecule has 1 aliphatic heterocycles. The molecule has 132 valence electrons. The SMILES string of the molecule is CN=C(NCCC(=O)Nc1ccc(C)cn1)N(C)CC1CCOC1. The Balaban J connectivity index is 1.70. The molecule has 24 heavy (non-hydrogen) atoms. The molecule has 0 aromatic carbocycles. The number of carbonyl (C=O) groups is 1. The number of aromatic nitrogens is 1. The van der Waals surface area contributed by atoms with Gasteiger partial charge in [0.05, 0.1) is 6.61 Å². The van der Waals surface area contributed by atoms with Gasteiger partial charge in [0, 0.05) is 52.3 Å². The summed E-state index contributed by atoms with van der Waals surface area (Å²) in [6.45, 7) is 5.04. The van der Waals surface area contributed by atoms with Gasteiger partial charge in [-0.3, -0.25) is 9.79 Å². The fourth-order valence-electron chi connectivity index (χ4n) is 2.62. The molecular formula is C17H27N5O2. The Morgan fingerprint density at radius 1 is 1.50 bits per heavy atom. The molecule has 1 aromatic heterocycles. The third-order valence-corrected chi connectivity index (χ3v) is 3.94. The van der Waals surface area contributed by atoms with E-state index in [0.717, 1.165) is 37.7 Å². The second kappa shape index (κ2) is 9.22. The largest absolute Gasteiger partial charge is 0.381 e. The van der Waals surface area contributed by atoms with Crippen molar-refractivity contribution in [2.24, 2.45) is 10.9 Å². The summed E-state index contributed by atoms with van der Waals surface area (Å²) < 4.78 is 5.40. The fraction of sp³-hybridized carbons (Fsp3) is 0.588. The number of aryl methyl sites for hydroxylation is 1. The summed E-state index contributed by atoms with van der Waals surface area (Å²) in [5, 5.41) is 6.01. The first-order chi connectivity index (χ1) is 11.6. The lowest BCUT2D eigenvalue weighted by molar-refractivity contribution is -0.116. The molecule has 2 rings (SSSR count). The van der Waals surface area contributed by atoms with Gasteiger partial charge in [-0.1, -0.05) is 6.07 Å². The summed E-state index contributed by atoms with van der Waals surface area (Å²) in [6, 6.07) is 3.72.